The number of methoxy groups -OCH3 is 1. The summed E-state index contributed by atoms with van der Waals surface area (Å²) in [7, 11) is 1.64. The van der Waals surface area contributed by atoms with Crippen LogP contribution in [0.25, 0.3) is 0 Å². The highest BCUT2D eigenvalue weighted by atomic mass is 16.6. The van der Waals surface area contributed by atoms with E-state index < -0.39 is 0 Å². The van der Waals surface area contributed by atoms with E-state index in [1.54, 1.807) is 7.11 Å². The SMILES string of the molecule is COc1ccc2c(c1)O[C@@H](C)CN(CC(=O)NC[C@H]1COCCO1)C2. The Morgan fingerprint density at radius 1 is 1.40 bits per heavy atom. The molecule has 0 spiro atoms. The van der Waals surface area contributed by atoms with E-state index >= 15 is 0 Å². The molecule has 7 heteroatoms. The van der Waals surface area contributed by atoms with Gasteiger partial charge in [0.1, 0.15) is 17.6 Å². The summed E-state index contributed by atoms with van der Waals surface area (Å²) in [4.78, 5) is 14.4. The number of benzene rings is 1. The van der Waals surface area contributed by atoms with Crippen LogP contribution in [0.3, 0.4) is 0 Å². The highest BCUT2D eigenvalue weighted by Gasteiger charge is 2.23. The van der Waals surface area contributed by atoms with Crippen LogP contribution in [-0.4, -0.2) is 69.6 Å². The topological polar surface area (TPSA) is 69.3 Å². The zero-order valence-electron chi connectivity index (χ0n) is 14.8. The van der Waals surface area contributed by atoms with Crippen molar-refractivity contribution in [3.63, 3.8) is 0 Å². The van der Waals surface area contributed by atoms with Gasteiger partial charge in [-0.1, -0.05) is 6.07 Å². The third-order valence-corrected chi connectivity index (χ3v) is 4.29. The molecule has 138 valence electrons. The molecule has 2 aliphatic heterocycles. The van der Waals surface area contributed by atoms with Crippen LogP contribution in [0.15, 0.2) is 18.2 Å². The number of rotatable bonds is 5. The van der Waals surface area contributed by atoms with Crippen LogP contribution in [0.5, 0.6) is 11.5 Å². The maximum absolute atomic E-state index is 12.3. The molecule has 1 aromatic carbocycles. The van der Waals surface area contributed by atoms with E-state index in [2.05, 4.69) is 10.2 Å². The zero-order chi connectivity index (χ0) is 17.6. The van der Waals surface area contributed by atoms with Crippen molar-refractivity contribution in [1.29, 1.82) is 0 Å². The van der Waals surface area contributed by atoms with Crippen LogP contribution in [-0.2, 0) is 20.8 Å². The Hall–Kier alpha value is -1.83. The molecule has 1 fully saturated rings. The molecule has 0 bridgehead atoms. The first-order chi connectivity index (χ1) is 12.1. The van der Waals surface area contributed by atoms with Gasteiger partial charge < -0.3 is 24.3 Å². The lowest BCUT2D eigenvalue weighted by atomic mass is 10.2. The number of hydrogen-bond donors (Lipinski definition) is 1. The van der Waals surface area contributed by atoms with Crippen molar-refractivity contribution < 1.29 is 23.7 Å². The summed E-state index contributed by atoms with van der Waals surface area (Å²) >= 11 is 0. The maximum atomic E-state index is 12.3. The average molecular weight is 350 g/mol. The highest BCUT2D eigenvalue weighted by Crippen LogP contribution is 2.29. The first-order valence-electron chi connectivity index (χ1n) is 8.66. The molecular formula is C18H26N2O5. The fraction of sp³-hybridized carbons (Fsp3) is 0.611. The van der Waals surface area contributed by atoms with Crippen LogP contribution >= 0.6 is 0 Å². The Balaban J connectivity index is 1.55. The first-order valence-corrected chi connectivity index (χ1v) is 8.66. The van der Waals surface area contributed by atoms with E-state index in [1.165, 1.54) is 0 Å². The van der Waals surface area contributed by atoms with E-state index in [-0.39, 0.29) is 18.1 Å². The third kappa shape index (κ3) is 5.07. The van der Waals surface area contributed by atoms with E-state index in [1.807, 2.05) is 25.1 Å². The zero-order valence-corrected chi connectivity index (χ0v) is 14.8. The summed E-state index contributed by atoms with van der Waals surface area (Å²) in [5.41, 5.74) is 1.06. The molecule has 0 saturated carbocycles. The number of fused-ring (bicyclic) bond motifs is 1. The summed E-state index contributed by atoms with van der Waals surface area (Å²) in [6.07, 6.45) is -0.0616. The molecule has 0 unspecified atom stereocenters. The number of carbonyl (C=O) groups excluding carboxylic acids is 1. The van der Waals surface area contributed by atoms with Crippen molar-refractivity contribution in [2.75, 3.05) is 46.6 Å². The van der Waals surface area contributed by atoms with Gasteiger partial charge in [-0.3, -0.25) is 9.69 Å². The molecule has 0 aliphatic carbocycles. The molecular weight excluding hydrogens is 324 g/mol. The summed E-state index contributed by atoms with van der Waals surface area (Å²) in [5.74, 6) is 1.58. The molecule has 3 rings (SSSR count). The van der Waals surface area contributed by atoms with Gasteiger partial charge in [0.25, 0.3) is 0 Å². The standard InChI is InChI=1S/C18H26N2O5/c1-13-9-20(10-14-3-4-15(22-2)7-17(14)25-13)11-18(21)19-8-16-12-23-5-6-24-16/h3-4,7,13,16H,5-6,8-12H2,1-2H3,(H,19,21)/t13-,16-/m0/s1. The van der Waals surface area contributed by atoms with Gasteiger partial charge in [-0.15, -0.1) is 0 Å². The van der Waals surface area contributed by atoms with Gasteiger partial charge in [-0.05, 0) is 13.0 Å². The Morgan fingerprint density at radius 2 is 2.28 bits per heavy atom. The van der Waals surface area contributed by atoms with E-state index in [9.17, 15) is 4.79 Å². The van der Waals surface area contributed by atoms with Crippen LogP contribution in [0.4, 0.5) is 0 Å². The minimum atomic E-state index is -0.0581. The van der Waals surface area contributed by atoms with Crippen molar-refractivity contribution in [2.45, 2.75) is 25.7 Å². The number of nitrogens with one attached hydrogen (secondary N) is 1. The van der Waals surface area contributed by atoms with Gasteiger partial charge in [-0.2, -0.15) is 0 Å². The second-order valence-corrected chi connectivity index (χ2v) is 6.44. The maximum Gasteiger partial charge on any atom is 0.234 e. The summed E-state index contributed by atoms with van der Waals surface area (Å²) in [5, 5.41) is 2.93. The molecule has 1 N–H and O–H groups in total. The van der Waals surface area contributed by atoms with Crippen molar-refractivity contribution in [3.05, 3.63) is 23.8 Å². The quantitative estimate of drug-likeness (QED) is 0.848. The summed E-state index contributed by atoms with van der Waals surface area (Å²) < 4.78 is 22.1. The Morgan fingerprint density at radius 3 is 3.04 bits per heavy atom. The second-order valence-electron chi connectivity index (χ2n) is 6.44. The number of nitrogens with zero attached hydrogens (tertiary/aromatic N) is 1. The van der Waals surface area contributed by atoms with Gasteiger partial charge in [0.2, 0.25) is 5.91 Å². The van der Waals surface area contributed by atoms with Crippen LogP contribution < -0.4 is 14.8 Å². The Labute approximate surface area is 148 Å². The third-order valence-electron chi connectivity index (χ3n) is 4.29. The predicted molar refractivity (Wildman–Crippen MR) is 91.9 cm³/mol. The fourth-order valence-electron chi connectivity index (χ4n) is 3.09. The Bertz CT molecular complexity index is 589. The smallest absolute Gasteiger partial charge is 0.234 e. The monoisotopic (exact) mass is 350 g/mol. The fourth-order valence-corrected chi connectivity index (χ4v) is 3.09. The largest absolute Gasteiger partial charge is 0.497 e. The molecule has 25 heavy (non-hydrogen) atoms. The molecule has 2 aliphatic rings. The van der Waals surface area contributed by atoms with E-state index in [4.69, 9.17) is 18.9 Å². The Kier molecular flexibility index (Phi) is 6.12. The van der Waals surface area contributed by atoms with Crippen molar-refractivity contribution >= 4 is 5.91 Å². The lowest BCUT2D eigenvalue weighted by molar-refractivity contribution is -0.125. The highest BCUT2D eigenvalue weighted by molar-refractivity contribution is 5.78. The van der Waals surface area contributed by atoms with Gasteiger partial charge >= 0.3 is 0 Å². The average Bonchev–Trinajstić information content (AvgIpc) is 2.77. The first kappa shape index (κ1) is 18.0. The lowest BCUT2D eigenvalue weighted by Crippen LogP contribution is -2.44. The van der Waals surface area contributed by atoms with Crippen LogP contribution in [0, 0.1) is 0 Å². The van der Waals surface area contributed by atoms with E-state index in [0.29, 0.717) is 46.0 Å². The molecule has 0 radical (unpaired) electrons. The molecule has 1 aromatic rings. The molecule has 2 atom stereocenters. The summed E-state index contributed by atoms with van der Waals surface area (Å²) in [6.45, 7) is 5.91. The van der Waals surface area contributed by atoms with Gasteiger partial charge in [-0.25, -0.2) is 0 Å². The van der Waals surface area contributed by atoms with Gasteiger partial charge in [0.15, 0.2) is 0 Å². The van der Waals surface area contributed by atoms with Gasteiger partial charge in [0, 0.05) is 31.3 Å². The number of carbonyl (C=O) groups is 1. The van der Waals surface area contributed by atoms with Crippen LogP contribution in [0.2, 0.25) is 0 Å². The number of amides is 1. The van der Waals surface area contributed by atoms with Crippen LogP contribution in [0.1, 0.15) is 12.5 Å². The van der Waals surface area contributed by atoms with Crippen molar-refractivity contribution in [3.8, 4) is 11.5 Å². The molecule has 0 aromatic heterocycles. The minimum absolute atomic E-state index is 0.00349. The normalized spacial score (nSPS) is 23.9. The molecule has 2 heterocycles. The second kappa shape index (κ2) is 8.51. The van der Waals surface area contributed by atoms with Gasteiger partial charge in [0.05, 0.1) is 39.6 Å². The number of hydrogen-bond acceptors (Lipinski definition) is 6. The minimum Gasteiger partial charge on any atom is -0.497 e. The molecule has 7 nitrogen and oxygen atoms in total. The molecule has 1 saturated heterocycles. The predicted octanol–water partition coefficient (Wildman–Crippen LogP) is 0.810. The lowest BCUT2D eigenvalue weighted by Gasteiger charge is -2.24. The molecule has 1 amide bonds. The summed E-state index contributed by atoms with van der Waals surface area (Å²) in [6, 6.07) is 5.80. The number of ether oxygens (including phenoxy) is 4. The van der Waals surface area contributed by atoms with E-state index in [0.717, 1.165) is 17.1 Å². The van der Waals surface area contributed by atoms with Crippen molar-refractivity contribution in [1.82, 2.24) is 10.2 Å². The van der Waals surface area contributed by atoms with Crippen molar-refractivity contribution in [2.24, 2.45) is 0 Å².